The van der Waals surface area contributed by atoms with Crippen LogP contribution in [0.4, 0.5) is 0 Å². The molecule has 0 radical (unpaired) electrons. The van der Waals surface area contributed by atoms with Crippen molar-refractivity contribution in [3.63, 3.8) is 0 Å². The SMILES string of the molecule is CCCCCOc1ccc2cccc(CC)c2c1O. The van der Waals surface area contributed by atoms with Crippen LogP contribution in [0, 0.1) is 0 Å². The quantitative estimate of drug-likeness (QED) is 0.762. The van der Waals surface area contributed by atoms with Crippen molar-refractivity contribution in [3.05, 3.63) is 35.9 Å². The summed E-state index contributed by atoms with van der Waals surface area (Å²) >= 11 is 0. The smallest absolute Gasteiger partial charge is 0.165 e. The van der Waals surface area contributed by atoms with Crippen molar-refractivity contribution >= 4 is 10.8 Å². The van der Waals surface area contributed by atoms with E-state index in [2.05, 4.69) is 19.9 Å². The van der Waals surface area contributed by atoms with Crippen LogP contribution in [0.3, 0.4) is 0 Å². The van der Waals surface area contributed by atoms with Gasteiger partial charge in [0.1, 0.15) is 0 Å². The summed E-state index contributed by atoms with van der Waals surface area (Å²) in [5.41, 5.74) is 1.16. The minimum atomic E-state index is 0.284. The van der Waals surface area contributed by atoms with Gasteiger partial charge in [-0.15, -0.1) is 0 Å². The number of phenols is 1. The van der Waals surface area contributed by atoms with Gasteiger partial charge >= 0.3 is 0 Å². The molecule has 0 atom stereocenters. The van der Waals surface area contributed by atoms with Crippen molar-refractivity contribution < 1.29 is 9.84 Å². The molecule has 0 saturated carbocycles. The Bertz CT molecular complexity index is 546. The molecule has 102 valence electrons. The number of hydrogen-bond donors (Lipinski definition) is 1. The van der Waals surface area contributed by atoms with Gasteiger partial charge in [0.25, 0.3) is 0 Å². The summed E-state index contributed by atoms with van der Waals surface area (Å²) < 4.78 is 5.70. The van der Waals surface area contributed by atoms with Gasteiger partial charge in [-0.1, -0.05) is 51.0 Å². The van der Waals surface area contributed by atoms with Crippen LogP contribution in [-0.2, 0) is 6.42 Å². The van der Waals surface area contributed by atoms with E-state index in [9.17, 15) is 5.11 Å². The Morgan fingerprint density at radius 2 is 1.89 bits per heavy atom. The Balaban J connectivity index is 2.28. The van der Waals surface area contributed by atoms with Crippen LogP contribution in [0.2, 0.25) is 0 Å². The van der Waals surface area contributed by atoms with Gasteiger partial charge in [0.05, 0.1) is 6.61 Å². The van der Waals surface area contributed by atoms with Crippen LogP contribution in [0.5, 0.6) is 11.5 Å². The summed E-state index contributed by atoms with van der Waals surface area (Å²) in [4.78, 5) is 0. The van der Waals surface area contributed by atoms with Crippen LogP contribution >= 0.6 is 0 Å². The second-order valence-electron chi connectivity index (χ2n) is 4.84. The molecule has 2 rings (SSSR count). The number of hydrogen-bond acceptors (Lipinski definition) is 2. The molecule has 0 amide bonds. The second kappa shape index (κ2) is 6.46. The third-order valence-electron chi connectivity index (χ3n) is 3.45. The van der Waals surface area contributed by atoms with Gasteiger partial charge in [-0.3, -0.25) is 0 Å². The molecule has 0 spiro atoms. The maximum atomic E-state index is 10.4. The summed E-state index contributed by atoms with van der Waals surface area (Å²) in [6, 6.07) is 9.99. The van der Waals surface area contributed by atoms with Gasteiger partial charge in [-0.25, -0.2) is 0 Å². The lowest BCUT2D eigenvalue weighted by Gasteiger charge is -2.12. The average molecular weight is 258 g/mol. The predicted molar refractivity (Wildman–Crippen MR) is 80.0 cm³/mol. The number of unbranched alkanes of at least 4 members (excludes halogenated alkanes) is 2. The molecule has 0 saturated heterocycles. The minimum absolute atomic E-state index is 0.284. The van der Waals surface area contributed by atoms with Gasteiger partial charge < -0.3 is 9.84 Å². The molecule has 0 aromatic heterocycles. The lowest BCUT2D eigenvalue weighted by molar-refractivity contribution is 0.291. The van der Waals surface area contributed by atoms with E-state index in [0.29, 0.717) is 12.4 Å². The molecular formula is C17H22O2. The van der Waals surface area contributed by atoms with E-state index in [1.54, 1.807) is 0 Å². The standard InChI is InChI=1S/C17H22O2/c1-3-5-6-12-19-15-11-10-14-9-7-8-13(4-2)16(14)17(15)18/h7-11,18H,3-6,12H2,1-2H3. The molecule has 2 aromatic rings. The number of aromatic hydroxyl groups is 1. The number of rotatable bonds is 6. The molecule has 19 heavy (non-hydrogen) atoms. The van der Waals surface area contributed by atoms with Crippen LogP contribution in [0.25, 0.3) is 10.8 Å². The van der Waals surface area contributed by atoms with E-state index >= 15 is 0 Å². The summed E-state index contributed by atoms with van der Waals surface area (Å²) in [7, 11) is 0. The molecule has 0 bridgehead atoms. The first-order chi connectivity index (χ1) is 9.27. The van der Waals surface area contributed by atoms with E-state index in [0.717, 1.165) is 35.6 Å². The minimum Gasteiger partial charge on any atom is -0.504 e. The Morgan fingerprint density at radius 1 is 1.05 bits per heavy atom. The Labute approximate surface area is 115 Å². The zero-order chi connectivity index (χ0) is 13.7. The molecule has 0 aliphatic rings. The predicted octanol–water partition coefficient (Wildman–Crippen LogP) is 4.68. The van der Waals surface area contributed by atoms with E-state index in [1.165, 1.54) is 6.42 Å². The molecule has 0 fully saturated rings. The topological polar surface area (TPSA) is 29.5 Å². The first kappa shape index (κ1) is 13.7. The highest BCUT2D eigenvalue weighted by molar-refractivity contribution is 5.93. The largest absolute Gasteiger partial charge is 0.504 e. The highest BCUT2D eigenvalue weighted by Crippen LogP contribution is 2.36. The highest BCUT2D eigenvalue weighted by atomic mass is 16.5. The first-order valence-corrected chi connectivity index (χ1v) is 7.14. The van der Waals surface area contributed by atoms with Crippen LogP contribution in [-0.4, -0.2) is 11.7 Å². The lowest BCUT2D eigenvalue weighted by atomic mass is 10.0. The number of ether oxygens (including phenoxy) is 1. The normalized spacial score (nSPS) is 10.8. The van der Waals surface area contributed by atoms with E-state index in [-0.39, 0.29) is 5.75 Å². The molecule has 1 N–H and O–H groups in total. The van der Waals surface area contributed by atoms with Gasteiger partial charge in [0.15, 0.2) is 11.5 Å². The molecule has 0 heterocycles. The molecule has 0 aliphatic carbocycles. The molecule has 0 unspecified atom stereocenters. The van der Waals surface area contributed by atoms with Crippen molar-refractivity contribution in [2.24, 2.45) is 0 Å². The average Bonchev–Trinajstić information content (AvgIpc) is 2.45. The summed E-state index contributed by atoms with van der Waals surface area (Å²) in [5, 5.41) is 12.4. The van der Waals surface area contributed by atoms with E-state index in [4.69, 9.17) is 4.74 Å². The Kier molecular flexibility index (Phi) is 4.67. The van der Waals surface area contributed by atoms with Crippen molar-refractivity contribution in [1.29, 1.82) is 0 Å². The van der Waals surface area contributed by atoms with Gasteiger partial charge in [-0.2, -0.15) is 0 Å². The second-order valence-corrected chi connectivity index (χ2v) is 4.84. The fourth-order valence-electron chi connectivity index (χ4n) is 2.36. The third kappa shape index (κ3) is 3.01. The Morgan fingerprint density at radius 3 is 2.63 bits per heavy atom. The Hall–Kier alpha value is -1.70. The van der Waals surface area contributed by atoms with Gasteiger partial charge in [0, 0.05) is 5.39 Å². The summed E-state index contributed by atoms with van der Waals surface area (Å²) in [6.45, 7) is 4.94. The molecular weight excluding hydrogens is 236 g/mol. The third-order valence-corrected chi connectivity index (χ3v) is 3.45. The summed E-state index contributed by atoms with van der Waals surface area (Å²) in [6.07, 6.45) is 4.27. The van der Waals surface area contributed by atoms with Gasteiger partial charge in [0.2, 0.25) is 0 Å². The van der Waals surface area contributed by atoms with Crippen molar-refractivity contribution in [2.75, 3.05) is 6.61 Å². The molecule has 2 aromatic carbocycles. The van der Waals surface area contributed by atoms with Crippen LogP contribution in [0.15, 0.2) is 30.3 Å². The van der Waals surface area contributed by atoms with Crippen molar-refractivity contribution in [2.45, 2.75) is 39.5 Å². The number of fused-ring (bicyclic) bond motifs is 1. The highest BCUT2D eigenvalue weighted by Gasteiger charge is 2.10. The fraction of sp³-hybridized carbons (Fsp3) is 0.412. The van der Waals surface area contributed by atoms with Crippen LogP contribution < -0.4 is 4.74 Å². The van der Waals surface area contributed by atoms with E-state index in [1.807, 2.05) is 24.3 Å². The number of benzene rings is 2. The zero-order valence-corrected chi connectivity index (χ0v) is 11.8. The zero-order valence-electron chi connectivity index (χ0n) is 11.8. The van der Waals surface area contributed by atoms with Crippen molar-refractivity contribution in [3.8, 4) is 11.5 Å². The number of phenolic OH excluding ortho intramolecular Hbond substituents is 1. The summed E-state index contributed by atoms with van der Waals surface area (Å²) in [5.74, 6) is 0.885. The monoisotopic (exact) mass is 258 g/mol. The molecule has 0 aliphatic heterocycles. The van der Waals surface area contributed by atoms with E-state index < -0.39 is 0 Å². The lowest BCUT2D eigenvalue weighted by Crippen LogP contribution is -1.98. The first-order valence-electron chi connectivity index (χ1n) is 7.14. The fourth-order valence-corrected chi connectivity index (χ4v) is 2.36. The maximum absolute atomic E-state index is 10.4. The van der Waals surface area contributed by atoms with Gasteiger partial charge in [-0.05, 0) is 29.9 Å². The molecule has 2 nitrogen and oxygen atoms in total. The van der Waals surface area contributed by atoms with Crippen molar-refractivity contribution in [1.82, 2.24) is 0 Å². The van der Waals surface area contributed by atoms with Crippen LogP contribution in [0.1, 0.15) is 38.7 Å². The molecule has 2 heteroatoms. The maximum Gasteiger partial charge on any atom is 0.165 e. The number of aryl methyl sites for hydroxylation is 1.